The van der Waals surface area contributed by atoms with Gasteiger partial charge in [0.2, 0.25) is 0 Å². The standard InChI is InChI=1S/C21H19N5O3/c1-21(2,20(28)29)15-5-3-14(4-6-15)19(27)24-17-12-26-11-16(7-8-18(26)23-17)25-10-9-22-13-25/h3-13H,1-2H3,(H,24,27)(H,28,29). The summed E-state index contributed by atoms with van der Waals surface area (Å²) in [7, 11) is 0. The summed E-state index contributed by atoms with van der Waals surface area (Å²) >= 11 is 0. The minimum Gasteiger partial charge on any atom is -0.481 e. The molecule has 1 amide bonds. The van der Waals surface area contributed by atoms with Gasteiger partial charge in [0, 0.05) is 24.2 Å². The number of amides is 1. The zero-order chi connectivity index (χ0) is 20.6. The van der Waals surface area contributed by atoms with E-state index in [1.54, 1.807) is 56.8 Å². The summed E-state index contributed by atoms with van der Waals surface area (Å²) in [5.41, 5.74) is 1.64. The van der Waals surface area contributed by atoms with Crippen molar-refractivity contribution in [2.24, 2.45) is 0 Å². The summed E-state index contributed by atoms with van der Waals surface area (Å²) in [6.07, 6.45) is 8.87. The van der Waals surface area contributed by atoms with E-state index in [4.69, 9.17) is 0 Å². The van der Waals surface area contributed by atoms with Crippen LogP contribution in [0.2, 0.25) is 0 Å². The molecule has 29 heavy (non-hydrogen) atoms. The van der Waals surface area contributed by atoms with Crippen LogP contribution in [-0.4, -0.2) is 35.9 Å². The van der Waals surface area contributed by atoms with Crippen LogP contribution in [0, 0.1) is 0 Å². The van der Waals surface area contributed by atoms with Crippen molar-refractivity contribution in [3.05, 3.63) is 78.6 Å². The highest BCUT2D eigenvalue weighted by Gasteiger charge is 2.29. The zero-order valence-electron chi connectivity index (χ0n) is 15.9. The molecular weight excluding hydrogens is 370 g/mol. The molecule has 146 valence electrons. The van der Waals surface area contributed by atoms with Crippen molar-refractivity contribution >= 4 is 23.3 Å². The lowest BCUT2D eigenvalue weighted by molar-refractivity contribution is -0.142. The SMILES string of the molecule is CC(C)(C(=O)O)c1ccc(C(=O)Nc2cn3cc(-n4ccnc4)ccc3n2)cc1. The quantitative estimate of drug-likeness (QED) is 0.546. The average molecular weight is 389 g/mol. The summed E-state index contributed by atoms with van der Waals surface area (Å²) in [6.45, 7) is 3.25. The van der Waals surface area contributed by atoms with Crippen molar-refractivity contribution in [2.75, 3.05) is 5.32 Å². The van der Waals surface area contributed by atoms with Gasteiger partial charge in [-0.1, -0.05) is 12.1 Å². The number of carboxylic acids is 1. The van der Waals surface area contributed by atoms with Crippen molar-refractivity contribution in [1.29, 1.82) is 0 Å². The van der Waals surface area contributed by atoms with Gasteiger partial charge in [0.15, 0.2) is 5.82 Å². The number of imidazole rings is 2. The molecule has 0 aliphatic heterocycles. The van der Waals surface area contributed by atoms with Gasteiger partial charge in [0.1, 0.15) is 5.65 Å². The molecule has 0 saturated heterocycles. The van der Waals surface area contributed by atoms with Crippen molar-refractivity contribution < 1.29 is 14.7 Å². The molecule has 0 aliphatic rings. The Morgan fingerprint density at radius 2 is 1.83 bits per heavy atom. The summed E-state index contributed by atoms with van der Waals surface area (Å²) in [6, 6.07) is 10.3. The smallest absolute Gasteiger partial charge is 0.313 e. The number of carboxylic acid groups (broad SMARTS) is 1. The number of pyridine rings is 1. The fraction of sp³-hybridized carbons (Fsp3) is 0.143. The lowest BCUT2D eigenvalue weighted by Crippen LogP contribution is -2.28. The van der Waals surface area contributed by atoms with E-state index in [0.29, 0.717) is 22.6 Å². The Morgan fingerprint density at radius 3 is 2.48 bits per heavy atom. The van der Waals surface area contributed by atoms with Gasteiger partial charge in [-0.25, -0.2) is 9.97 Å². The van der Waals surface area contributed by atoms with Crippen molar-refractivity contribution in [1.82, 2.24) is 18.9 Å². The van der Waals surface area contributed by atoms with Gasteiger partial charge in [0.05, 0.1) is 23.6 Å². The molecule has 8 nitrogen and oxygen atoms in total. The average Bonchev–Trinajstić information content (AvgIpc) is 3.36. The van der Waals surface area contributed by atoms with E-state index in [-0.39, 0.29) is 5.91 Å². The Hall–Kier alpha value is -3.94. The monoisotopic (exact) mass is 389 g/mol. The number of hydrogen-bond acceptors (Lipinski definition) is 4. The molecule has 0 spiro atoms. The molecule has 3 aromatic heterocycles. The van der Waals surface area contributed by atoms with Crippen LogP contribution in [0.3, 0.4) is 0 Å². The molecule has 0 atom stereocenters. The third-order valence-electron chi connectivity index (χ3n) is 4.88. The first-order chi connectivity index (χ1) is 13.8. The van der Waals surface area contributed by atoms with Crippen LogP contribution < -0.4 is 5.32 Å². The summed E-state index contributed by atoms with van der Waals surface area (Å²) in [4.78, 5) is 32.4. The molecule has 0 aliphatic carbocycles. The molecular formula is C21H19N5O3. The van der Waals surface area contributed by atoms with Crippen LogP contribution in [0.25, 0.3) is 11.3 Å². The minimum atomic E-state index is -1.02. The molecule has 0 fully saturated rings. The Balaban J connectivity index is 1.53. The zero-order valence-corrected chi connectivity index (χ0v) is 15.9. The fourth-order valence-electron chi connectivity index (χ4n) is 2.96. The van der Waals surface area contributed by atoms with E-state index in [1.165, 1.54) is 0 Å². The van der Waals surface area contributed by atoms with E-state index >= 15 is 0 Å². The number of fused-ring (bicyclic) bond motifs is 1. The van der Waals surface area contributed by atoms with Crippen LogP contribution >= 0.6 is 0 Å². The number of benzene rings is 1. The van der Waals surface area contributed by atoms with Gasteiger partial charge in [-0.3, -0.25) is 9.59 Å². The molecule has 0 saturated carbocycles. The van der Waals surface area contributed by atoms with Crippen LogP contribution in [0.5, 0.6) is 0 Å². The van der Waals surface area contributed by atoms with Gasteiger partial charge in [-0.05, 0) is 43.7 Å². The summed E-state index contributed by atoms with van der Waals surface area (Å²) in [5.74, 6) is -0.815. The largest absolute Gasteiger partial charge is 0.481 e. The van der Waals surface area contributed by atoms with Crippen LogP contribution in [0.15, 0.2) is 67.5 Å². The Kier molecular flexibility index (Phi) is 4.38. The number of rotatable bonds is 5. The number of nitrogens with zero attached hydrogens (tertiary/aromatic N) is 4. The second kappa shape index (κ2) is 6.90. The molecule has 3 heterocycles. The first-order valence-electron chi connectivity index (χ1n) is 8.97. The molecule has 0 unspecified atom stereocenters. The molecule has 0 bridgehead atoms. The predicted octanol–water partition coefficient (Wildman–Crippen LogP) is 3.13. The maximum Gasteiger partial charge on any atom is 0.313 e. The Morgan fingerprint density at radius 1 is 1.07 bits per heavy atom. The van der Waals surface area contributed by atoms with E-state index in [2.05, 4.69) is 15.3 Å². The maximum atomic E-state index is 12.6. The third kappa shape index (κ3) is 3.47. The summed E-state index contributed by atoms with van der Waals surface area (Å²) < 4.78 is 3.70. The minimum absolute atomic E-state index is 0.317. The predicted molar refractivity (Wildman–Crippen MR) is 107 cm³/mol. The molecule has 4 rings (SSSR count). The van der Waals surface area contributed by atoms with Gasteiger partial charge >= 0.3 is 5.97 Å². The summed E-state index contributed by atoms with van der Waals surface area (Å²) in [5, 5.41) is 12.1. The lowest BCUT2D eigenvalue weighted by atomic mass is 9.84. The molecule has 1 aromatic carbocycles. The van der Waals surface area contributed by atoms with E-state index in [9.17, 15) is 14.7 Å². The normalized spacial score (nSPS) is 11.5. The van der Waals surface area contributed by atoms with E-state index < -0.39 is 11.4 Å². The Labute approximate surface area is 166 Å². The van der Waals surface area contributed by atoms with E-state index in [1.807, 2.05) is 33.5 Å². The molecule has 2 N–H and O–H groups in total. The van der Waals surface area contributed by atoms with Gasteiger partial charge in [0.25, 0.3) is 5.91 Å². The van der Waals surface area contributed by atoms with Crippen molar-refractivity contribution in [3.8, 4) is 5.69 Å². The fourth-order valence-corrected chi connectivity index (χ4v) is 2.96. The first-order valence-corrected chi connectivity index (χ1v) is 8.97. The number of carbonyl (C=O) groups excluding carboxylic acids is 1. The number of hydrogen-bond donors (Lipinski definition) is 2. The number of carbonyl (C=O) groups is 2. The maximum absolute atomic E-state index is 12.6. The van der Waals surface area contributed by atoms with Gasteiger partial charge < -0.3 is 19.4 Å². The van der Waals surface area contributed by atoms with E-state index in [0.717, 1.165) is 5.69 Å². The van der Waals surface area contributed by atoms with Crippen LogP contribution in [-0.2, 0) is 10.2 Å². The topological polar surface area (TPSA) is 102 Å². The first kappa shape index (κ1) is 18.4. The number of nitrogens with one attached hydrogen (secondary N) is 1. The highest BCUT2D eigenvalue weighted by atomic mass is 16.4. The lowest BCUT2D eigenvalue weighted by Gasteiger charge is -2.19. The highest BCUT2D eigenvalue weighted by molar-refractivity contribution is 6.04. The van der Waals surface area contributed by atoms with Crippen LogP contribution in [0.1, 0.15) is 29.8 Å². The van der Waals surface area contributed by atoms with Gasteiger partial charge in [-0.15, -0.1) is 0 Å². The second-order valence-electron chi connectivity index (χ2n) is 7.21. The van der Waals surface area contributed by atoms with Crippen LogP contribution in [0.4, 0.5) is 5.82 Å². The number of aromatic nitrogens is 4. The van der Waals surface area contributed by atoms with Crippen molar-refractivity contribution in [3.63, 3.8) is 0 Å². The van der Waals surface area contributed by atoms with Crippen molar-refractivity contribution in [2.45, 2.75) is 19.3 Å². The number of anilines is 1. The van der Waals surface area contributed by atoms with Gasteiger partial charge in [-0.2, -0.15) is 0 Å². The molecule has 0 radical (unpaired) electrons. The second-order valence-corrected chi connectivity index (χ2v) is 7.21. The molecule has 4 aromatic rings. The molecule has 8 heteroatoms. The third-order valence-corrected chi connectivity index (χ3v) is 4.88. The number of aliphatic carboxylic acids is 1. The highest BCUT2D eigenvalue weighted by Crippen LogP contribution is 2.24. The Bertz CT molecular complexity index is 1190.